The molecule has 0 spiro atoms. The van der Waals surface area contributed by atoms with Crippen molar-refractivity contribution in [2.24, 2.45) is 0 Å². The van der Waals surface area contributed by atoms with Gasteiger partial charge in [0.2, 0.25) is 0 Å². The first kappa shape index (κ1) is 13.7. The number of thioether (sulfide) groups is 1. The number of hydrogen-bond acceptors (Lipinski definition) is 3. The van der Waals surface area contributed by atoms with Gasteiger partial charge in [0.25, 0.3) is 0 Å². The second-order valence-electron chi connectivity index (χ2n) is 5.14. The van der Waals surface area contributed by atoms with Crippen molar-refractivity contribution in [1.29, 1.82) is 0 Å². The maximum absolute atomic E-state index is 11.6. The van der Waals surface area contributed by atoms with E-state index in [0.29, 0.717) is 13.1 Å². The van der Waals surface area contributed by atoms with Gasteiger partial charge in [-0.15, -0.1) is 0 Å². The maximum atomic E-state index is 11.6. The molecule has 1 unspecified atom stereocenters. The first-order valence-electron chi connectivity index (χ1n) is 6.68. The highest BCUT2D eigenvalue weighted by Crippen LogP contribution is 2.26. The third-order valence-corrected chi connectivity index (χ3v) is 4.76. The monoisotopic (exact) mass is 270 g/mol. The molecule has 0 aromatic heterocycles. The van der Waals surface area contributed by atoms with Crippen LogP contribution in [-0.2, 0) is 0 Å². The van der Waals surface area contributed by atoms with E-state index in [-0.39, 0.29) is 6.03 Å². The quantitative estimate of drug-likeness (QED) is 0.666. The van der Waals surface area contributed by atoms with Crippen molar-refractivity contribution in [1.82, 2.24) is 10.6 Å². The summed E-state index contributed by atoms with van der Waals surface area (Å²) in [4.78, 5) is 11.6. The number of carbonyl (C=O) groups is 1. The van der Waals surface area contributed by atoms with E-state index in [1.807, 2.05) is 0 Å². The number of rotatable bonds is 5. The van der Waals surface area contributed by atoms with Crippen molar-refractivity contribution in [3.63, 3.8) is 0 Å². The molecule has 1 saturated heterocycles. The summed E-state index contributed by atoms with van der Waals surface area (Å²) < 4.78 is 0. The Balaban J connectivity index is 1.57. The molecule has 18 heavy (non-hydrogen) atoms. The van der Waals surface area contributed by atoms with Gasteiger partial charge in [0, 0.05) is 18.8 Å². The number of amides is 2. The Bertz CT molecular complexity index is 325. The van der Waals surface area contributed by atoms with Gasteiger partial charge >= 0.3 is 6.03 Å². The predicted molar refractivity (Wildman–Crippen MR) is 74.8 cm³/mol. The highest BCUT2D eigenvalue weighted by Gasteiger charge is 2.31. The van der Waals surface area contributed by atoms with Crippen molar-refractivity contribution in [3.05, 3.63) is 11.6 Å². The van der Waals surface area contributed by atoms with Gasteiger partial charge in [0.1, 0.15) is 0 Å². The summed E-state index contributed by atoms with van der Waals surface area (Å²) in [6.45, 7) is 1.04. The molecule has 1 fully saturated rings. The number of carbonyl (C=O) groups excluding carboxylic acids is 1. The molecule has 1 aliphatic carbocycles. The van der Waals surface area contributed by atoms with Crippen LogP contribution in [0.2, 0.25) is 0 Å². The molecule has 3 N–H and O–H groups in total. The minimum absolute atomic E-state index is 0.168. The summed E-state index contributed by atoms with van der Waals surface area (Å²) in [5.41, 5.74) is 0.761. The third kappa shape index (κ3) is 4.21. The normalized spacial score (nSPS) is 27.1. The molecule has 2 aliphatic rings. The summed E-state index contributed by atoms with van der Waals surface area (Å²) in [7, 11) is 0. The summed E-state index contributed by atoms with van der Waals surface area (Å²) in [5.74, 6) is 1.70. The van der Waals surface area contributed by atoms with Gasteiger partial charge in [-0.25, -0.2) is 4.79 Å². The largest absolute Gasteiger partial charge is 0.387 e. The fourth-order valence-electron chi connectivity index (χ4n) is 2.34. The molecule has 0 saturated carbocycles. The lowest BCUT2D eigenvalue weighted by Gasteiger charge is -2.21. The summed E-state index contributed by atoms with van der Waals surface area (Å²) in [6, 6.07) is -0.168. The molecule has 0 bridgehead atoms. The molecule has 0 aromatic carbocycles. The number of hydrogen-bond donors (Lipinski definition) is 3. The molecule has 1 atom stereocenters. The molecule has 0 radical (unpaired) electrons. The van der Waals surface area contributed by atoms with E-state index in [9.17, 15) is 9.90 Å². The Hall–Kier alpha value is -0.680. The van der Waals surface area contributed by atoms with Crippen molar-refractivity contribution in [2.75, 3.05) is 24.6 Å². The summed E-state index contributed by atoms with van der Waals surface area (Å²) in [5, 5.41) is 15.7. The van der Waals surface area contributed by atoms with Gasteiger partial charge in [-0.2, -0.15) is 11.8 Å². The topological polar surface area (TPSA) is 61.4 Å². The van der Waals surface area contributed by atoms with Gasteiger partial charge in [-0.3, -0.25) is 0 Å². The van der Waals surface area contributed by atoms with Crippen molar-refractivity contribution >= 4 is 17.8 Å². The molecule has 1 aliphatic heterocycles. The van der Waals surface area contributed by atoms with Crippen LogP contribution in [0, 0.1) is 0 Å². The van der Waals surface area contributed by atoms with E-state index in [0.717, 1.165) is 24.3 Å². The summed E-state index contributed by atoms with van der Waals surface area (Å²) >= 11 is 1.74. The highest BCUT2D eigenvalue weighted by atomic mass is 32.2. The molecular formula is C13H22N2O2S. The lowest BCUT2D eigenvalue weighted by molar-refractivity contribution is 0.0700. The zero-order valence-electron chi connectivity index (χ0n) is 10.7. The number of nitrogens with one attached hydrogen (secondary N) is 2. The molecule has 5 heteroatoms. The van der Waals surface area contributed by atoms with E-state index in [2.05, 4.69) is 16.7 Å². The van der Waals surface area contributed by atoms with Gasteiger partial charge in [0.15, 0.2) is 0 Å². The fraction of sp³-hybridized carbons (Fsp3) is 0.769. The lowest BCUT2D eigenvalue weighted by atomic mass is 10.0. The first-order chi connectivity index (χ1) is 8.68. The molecular weight excluding hydrogens is 248 g/mol. The van der Waals surface area contributed by atoms with Gasteiger partial charge < -0.3 is 15.7 Å². The smallest absolute Gasteiger partial charge is 0.314 e. The zero-order valence-corrected chi connectivity index (χ0v) is 11.5. The molecule has 1 heterocycles. The van der Waals surface area contributed by atoms with E-state index in [4.69, 9.17) is 0 Å². The number of aliphatic hydroxyl groups is 1. The minimum atomic E-state index is -0.698. The van der Waals surface area contributed by atoms with Gasteiger partial charge in [0.05, 0.1) is 5.60 Å². The second-order valence-corrected chi connectivity index (χ2v) is 6.25. The van der Waals surface area contributed by atoms with Crippen molar-refractivity contribution in [3.8, 4) is 0 Å². The van der Waals surface area contributed by atoms with Crippen molar-refractivity contribution in [2.45, 2.75) is 37.7 Å². The minimum Gasteiger partial charge on any atom is -0.387 e. The average molecular weight is 270 g/mol. The molecule has 4 nitrogen and oxygen atoms in total. The standard InChI is InChI=1S/C13H22N2O2S/c16-12(14-7-5-11-3-1-2-4-11)15-9-13(17)6-8-18-10-13/h3,17H,1-2,4-10H2,(H2,14,15,16). The second kappa shape index (κ2) is 6.48. The van der Waals surface area contributed by atoms with Crippen LogP contribution in [0.25, 0.3) is 0 Å². The SMILES string of the molecule is O=C(NCCC1=CCCC1)NCC1(O)CCSC1. The lowest BCUT2D eigenvalue weighted by Crippen LogP contribution is -2.46. The number of allylic oxidation sites excluding steroid dienone is 1. The Morgan fingerprint density at radius 2 is 2.39 bits per heavy atom. The summed E-state index contributed by atoms with van der Waals surface area (Å²) in [6.07, 6.45) is 7.62. The molecule has 0 aromatic rings. The Morgan fingerprint density at radius 3 is 3.06 bits per heavy atom. The van der Waals surface area contributed by atoms with Gasteiger partial charge in [-0.1, -0.05) is 11.6 Å². The van der Waals surface area contributed by atoms with Crippen LogP contribution in [0.5, 0.6) is 0 Å². The van der Waals surface area contributed by atoms with E-state index in [1.54, 1.807) is 11.8 Å². The van der Waals surface area contributed by atoms with E-state index in [1.165, 1.54) is 24.8 Å². The average Bonchev–Trinajstić information content (AvgIpc) is 2.99. The Labute approximate surface area is 113 Å². The van der Waals surface area contributed by atoms with E-state index >= 15 is 0 Å². The molecule has 2 rings (SSSR count). The van der Waals surface area contributed by atoms with Crippen molar-refractivity contribution < 1.29 is 9.90 Å². The Morgan fingerprint density at radius 1 is 1.50 bits per heavy atom. The maximum Gasteiger partial charge on any atom is 0.314 e. The van der Waals surface area contributed by atoms with Gasteiger partial charge in [-0.05, 0) is 37.9 Å². The third-order valence-electron chi connectivity index (χ3n) is 3.53. The van der Waals surface area contributed by atoms with Crippen LogP contribution in [-0.4, -0.2) is 41.3 Å². The Kier molecular flexibility index (Phi) is 4.95. The van der Waals surface area contributed by atoms with Crippen LogP contribution in [0.15, 0.2) is 11.6 Å². The fourth-order valence-corrected chi connectivity index (χ4v) is 3.64. The van der Waals surface area contributed by atoms with Crippen LogP contribution in [0.3, 0.4) is 0 Å². The molecule has 2 amide bonds. The highest BCUT2D eigenvalue weighted by molar-refractivity contribution is 7.99. The first-order valence-corrected chi connectivity index (χ1v) is 7.83. The predicted octanol–water partition coefficient (Wildman–Crippen LogP) is 1.65. The van der Waals surface area contributed by atoms with Crippen LogP contribution >= 0.6 is 11.8 Å². The molecule has 102 valence electrons. The number of urea groups is 1. The van der Waals surface area contributed by atoms with Crippen LogP contribution < -0.4 is 10.6 Å². The van der Waals surface area contributed by atoms with E-state index < -0.39 is 5.60 Å². The zero-order chi connectivity index (χ0) is 12.8. The van der Waals surface area contributed by atoms with Crippen LogP contribution in [0.4, 0.5) is 4.79 Å². The van der Waals surface area contributed by atoms with Crippen LogP contribution in [0.1, 0.15) is 32.1 Å².